The Morgan fingerprint density at radius 2 is 2.00 bits per heavy atom. The number of nitrogens with zero attached hydrogens (tertiary/aromatic N) is 2. The standard InChI is InChI=1S/C13H27N3S/c1-11-8-12(2)10-16(9-11)13(14-3)15-6-5-7-17-4/h11-12H,5-10H2,1-4H3,(H,14,15). The molecule has 1 rings (SSSR count). The largest absolute Gasteiger partial charge is 0.356 e. The van der Waals surface area contributed by atoms with Gasteiger partial charge in [0.05, 0.1) is 0 Å². The fourth-order valence-corrected chi connectivity index (χ4v) is 3.02. The van der Waals surface area contributed by atoms with Crippen molar-refractivity contribution in [3.05, 3.63) is 0 Å². The maximum absolute atomic E-state index is 4.40. The zero-order valence-corrected chi connectivity index (χ0v) is 12.5. The Kier molecular flexibility index (Phi) is 6.78. The predicted octanol–water partition coefficient (Wildman–Crippen LogP) is 2.29. The number of hydrogen-bond acceptors (Lipinski definition) is 2. The Bertz CT molecular complexity index is 233. The van der Waals surface area contributed by atoms with Crippen LogP contribution in [0.1, 0.15) is 26.7 Å². The van der Waals surface area contributed by atoms with Crippen LogP contribution in [0.15, 0.2) is 4.99 Å². The van der Waals surface area contributed by atoms with Crippen molar-refractivity contribution in [3.63, 3.8) is 0 Å². The molecular formula is C13H27N3S. The van der Waals surface area contributed by atoms with E-state index in [4.69, 9.17) is 0 Å². The fourth-order valence-electron chi connectivity index (χ4n) is 2.58. The number of hydrogen-bond donors (Lipinski definition) is 1. The lowest BCUT2D eigenvalue weighted by molar-refractivity contribution is 0.208. The van der Waals surface area contributed by atoms with E-state index < -0.39 is 0 Å². The summed E-state index contributed by atoms with van der Waals surface area (Å²) in [7, 11) is 1.89. The number of aliphatic imine (C=N–C) groups is 1. The summed E-state index contributed by atoms with van der Waals surface area (Å²) < 4.78 is 0. The average molecular weight is 257 g/mol. The highest BCUT2D eigenvalue weighted by Crippen LogP contribution is 2.20. The van der Waals surface area contributed by atoms with Gasteiger partial charge < -0.3 is 10.2 Å². The highest BCUT2D eigenvalue weighted by atomic mass is 32.2. The summed E-state index contributed by atoms with van der Waals surface area (Å²) in [4.78, 5) is 6.82. The molecule has 1 aliphatic rings. The molecule has 1 saturated heterocycles. The van der Waals surface area contributed by atoms with Crippen LogP contribution in [0.25, 0.3) is 0 Å². The molecule has 1 heterocycles. The average Bonchev–Trinajstić information content (AvgIpc) is 2.28. The summed E-state index contributed by atoms with van der Waals surface area (Å²) in [6.07, 6.45) is 4.71. The van der Waals surface area contributed by atoms with Crippen molar-refractivity contribution >= 4 is 17.7 Å². The van der Waals surface area contributed by atoms with Gasteiger partial charge in [0.1, 0.15) is 0 Å². The molecule has 3 nitrogen and oxygen atoms in total. The Hall–Kier alpha value is -0.380. The van der Waals surface area contributed by atoms with Crippen molar-refractivity contribution in [2.24, 2.45) is 16.8 Å². The van der Waals surface area contributed by atoms with Crippen LogP contribution < -0.4 is 5.32 Å². The van der Waals surface area contributed by atoms with Crippen LogP contribution >= 0.6 is 11.8 Å². The second kappa shape index (κ2) is 7.85. The molecule has 1 fully saturated rings. The molecule has 2 unspecified atom stereocenters. The van der Waals surface area contributed by atoms with Crippen molar-refractivity contribution in [3.8, 4) is 0 Å². The number of nitrogens with one attached hydrogen (secondary N) is 1. The third kappa shape index (κ3) is 5.19. The van der Waals surface area contributed by atoms with Crippen molar-refractivity contribution in [2.45, 2.75) is 26.7 Å². The minimum atomic E-state index is 0.781. The van der Waals surface area contributed by atoms with E-state index in [0.29, 0.717) is 0 Å². The van der Waals surface area contributed by atoms with Crippen LogP contribution in [0.2, 0.25) is 0 Å². The topological polar surface area (TPSA) is 27.6 Å². The zero-order valence-electron chi connectivity index (χ0n) is 11.7. The van der Waals surface area contributed by atoms with E-state index in [2.05, 4.69) is 35.3 Å². The number of rotatable bonds is 4. The third-order valence-corrected chi connectivity index (χ3v) is 3.89. The zero-order chi connectivity index (χ0) is 12.7. The SMILES string of the molecule is CN=C(NCCCSC)N1CC(C)CC(C)C1. The van der Waals surface area contributed by atoms with Gasteiger partial charge in [-0.15, -0.1) is 0 Å². The smallest absolute Gasteiger partial charge is 0.193 e. The Balaban J connectivity index is 2.38. The summed E-state index contributed by atoms with van der Waals surface area (Å²) >= 11 is 1.90. The van der Waals surface area contributed by atoms with E-state index in [1.54, 1.807) is 0 Å². The molecule has 1 aliphatic heterocycles. The maximum atomic E-state index is 4.40. The molecule has 0 amide bonds. The summed E-state index contributed by atoms with van der Waals surface area (Å²) in [5, 5.41) is 3.48. The first-order valence-electron chi connectivity index (χ1n) is 6.62. The number of guanidine groups is 1. The fraction of sp³-hybridized carbons (Fsp3) is 0.923. The molecule has 0 saturated carbocycles. The Morgan fingerprint density at radius 3 is 2.53 bits per heavy atom. The first kappa shape index (κ1) is 14.7. The summed E-state index contributed by atoms with van der Waals surface area (Å²) in [6.45, 7) is 8.00. The lowest BCUT2D eigenvalue weighted by atomic mass is 9.92. The molecule has 0 aromatic rings. The molecule has 2 atom stereocenters. The first-order valence-corrected chi connectivity index (χ1v) is 8.01. The highest BCUT2D eigenvalue weighted by molar-refractivity contribution is 7.98. The highest BCUT2D eigenvalue weighted by Gasteiger charge is 2.23. The minimum absolute atomic E-state index is 0.781. The van der Waals surface area contributed by atoms with E-state index in [9.17, 15) is 0 Å². The second-order valence-electron chi connectivity index (χ2n) is 5.17. The quantitative estimate of drug-likeness (QED) is 0.476. The molecule has 0 bridgehead atoms. The van der Waals surface area contributed by atoms with Gasteiger partial charge in [0, 0.05) is 26.7 Å². The van der Waals surface area contributed by atoms with Crippen molar-refractivity contribution in [2.75, 3.05) is 38.7 Å². The maximum Gasteiger partial charge on any atom is 0.193 e. The number of piperidine rings is 1. The van der Waals surface area contributed by atoms with E-state index in [-0.39, 0.29) is 0 Å². The predicted molar refractivity (Wildman–Crippen MR) is 78.9 cm³/mol. The molecule has 0 aromatic heterocycles. The summed E-state index contributed by atoms with van der Waals surface area (Å²) in [6, 6.07) is 0. The molecule has 0 aliphatic carbocycles. The van der Waals surface area contributed by atoms with Crippen molar-refractivity contribution < 1.29 is 0 Å². The van der Waals surface area contributed by atoms with Crippen molar-refractivity contribution in [1.29, 1.82) is 0 Å². The van der Waals surface area contributed by atoms with E-state index >= 15 is 0 Å². The van der Waals surface area contributed by atoms with E-state index in [1.807, 2.05) is 18.8 Å². The van der Waals surface area contributed by atoms with Crippen LogP contribution in [0.4, 0.5) is 0 Å². The first-order chi connectivity index (χ1) is 8.17. The molecule has 0 radical (unpaired) electrons. The molecule has 100 valence electrons. The van der Waals surface area contributed by atoms with Crippen LogP contribution in [0.3, 0.4) is 0 Å². The van der Waals surface area contributed by atoms with E-state index in [1.165, 1.54) is 18.6 Å². The van der Waals surface area contributed by atoms with Gasteiger partial charge in [-0.05, 0) is 36.7 Å². The van der Waals surface area contributed by atoms with Gasteiger partial charge in [-0.25, -0.2) is 0 Å². The van der Waals surface area contributed by atoms with Gasteiger partial charge >= 0.3 is 0 Å². The third-order valence-electron chi connectivity index (χ3n) is 3.19. The van der Waals surface area contributed by atoms with Crippen LogP contribution in [-0.2, 0) is 0 Å². The van der Waals surface area contributed by atoms with Crippen LogP contribution in [0.5, 0.6) is 0 Å². The van der Waals surface area contributed by atoms with Gasteiger partial charge in [0.2, 0.25) is 0 Å². The molecule has 1 N–H and O–H groups in total. The Morgan fingerprint density at radius 1 is 1.35 bits per heavy atom. The summed E-state index contributed by atoms with van der Waals surface area (Å²) in [5.74, 6) is 3.87. The molecule has 17 heavy (non-hydrogen) atoms. The molecular weight excluding hydrogens is 230 g/mol. The van der Waals surface area contributed by atoms with Crippen LogP contribution in [-0.4, -0.2) is 49.6 Å². The van der Waals surface area contributed by atoms with Crippen molar-refractivity contribution in [1.82, 2.24) is 10.2 Å². The molecule has 4 heteroatoms. The van der Waals surface area contributed by atoms with Gasteiger partial charge in [-0.1, -0.05) is 13.8 Å². The molecule has 0 spiro atoms. The van der Waals surface area contributed by atoms with E-state index in [0.717, 1.165) is 37.4 Å². The van der Waals surface area contributed by atoms with Gasteiger partial charge in [0.25, 0.3) is 0 Å². The second-order valence-corrected chi connectivity index (χ2v) is 6.16. The number of thioether (sulfide) groups is 1. The summed E-state index contributed by atoms with van der Waals surface area (Å²) in [5.41, 5.74) is 0. The number of likely N-dealkylation sites (tertiary alicyclic amines) is 1. The molecule has 0 aromatic carbocycles. The lowest BCUT2D eigenvalue weighted by Gasteiger charge is -2.37. The monoisotopic (exact) mass is 257 g/mol. The van der Waals surface area contributed by atoms with Crippen LogP contribution in [0, 0.1) is 11.8 Å². The minimum Gasteiger partial charge on any atom is -0.356 e. The lowest BCUT2D eigenvalue weighted by Crippen LogP contribution is -2.48. The normalized spacial score (nSPS) is 26.1. The Labute approximate surface area is 110 Å². The van der Waals surface area contributed by atoms with Gasteiger partial charge in [0.15, 0.2) is 5.96 Å². The van der Waals surface area contributed by atoms with Gasteiger partial charge in [-0.3, -0.25) is 4.99 Å². The van der Waals surface area contributed by atoms with Gasteiger partial charge in [-0.2, -0.15) is 11.8 Å².